The number of fused-ring (bicyclic) bond motifs is 3. The van der Waals surface area contributed by atoms with Crippen LogP contribution in [0.15, 0.2) is 33.5 Å². The topological polar surface area (TPSA) is 70.9 Å². The van der Waals surface area contributed by atoms with E-state index in [1.165, 1.54) is 0 Å². The van der Waals surface area contributed by atoms with E-state index < -0.39 is 5.63 Å². The fourth-order valence-electron chi connectivity index (χ4n) is 1.87. The molecule has 0 saturated carbocycles. The number of aromatic amines is 1. The van der Waals surface area contributed by atoms with Gasteiger partial charge in [-0.3, -0.25) is 0 Å². The number of para-hydroxylation sites is 1. The lowest BCUT2D eigenvalue weighted by Gasteiger charge is -1.95. The quantitative estimate of drug-likeness (QED) is 0.660. The molecule has 5 heteroatoms. The lowest BCUT2D eigenvalue weighted by molar-refractivity contribution is 0.568. The summed E-state index contributed by atoms with van der Waals surface area (Å²) in [6, 6.07) is 7.37. The normalized spacial score (nSPS) is 11.1. The Hall–Kier alpha value is -2.30. The van der Waals surface area contributed by atoms with Crippen LogP contribution in [-0.4, -0.2) is 16.5 Å². The fraction of sp³-hybridized carbons (Fsp3) is 0.167. The number of nitrogens with zero attached hydrogens (tertiary/aromatic N) is 1. The van der Waals surface area contributed by atoms with Crippen molar-refractivity contribution in [2.75, 3.05) is 11.9 Å². The van der Waals surface area contributed by atoms with E-state index in [2.05, 4.69) is 15.3 Å². The summed E-state index contributed by atoms with van der Waals surface area (Å²) in [5, 5.41) is 3.88. The van der Waals surface area contributed by atoms with Gasteiger partial charge in [-0.15, -0.1) is 0 Å². The maximum atomic E-state index is 11.7. The van der Waals surface area contributed by atoms with Crippen LogP contribution in [0.4, 0.5) is 5.95 Å². The molecular weight excluding hydrogens is 218 g/mol. The zero-order valence-corrected chi connectivity index (χ0v) is 9.28. The second-order valence-corrected chi connectivity index (χ2v) is 3.73. The van der Waals surface area contributed by atoms with Crippen LogP contribution in [0.5, 0.6) is 0 Å². The minimum Gasteiger partial charge on any atom is -0.421 e. The van der Waals surface area contributed by atoms with Crippen LogP contribution >= 0.6 is 0 Å². The van der Waals surface area contributed by atoms with Crippen LogP contribution < -0.4 is 10.9 Å². The highest BCUT2D eigenvalue weighted by atomic mass is 16.4. The molecule has 86 valence electrons. The molecular formula is C12H11N3O2. The van der Waals surface area contributed by atoms with Crippen molar-refractivity contribution in [1.29, 1.82) is 0 Å². The molecule has 2 heterocycles. The summed E-state index contributed by atoms with van der Waals surface area (Å²) in [5.41, 5.74) is 1.21. The van der Waals surface area contributed by atoms with Gasteiger partial charge in [-0.05, 0) is 19.1 Å². The summed E-state index contributed by atoms with van der Waals surface area (Å²) in [6.07, 6.45) is 0. The van der Waals surface area contributed by atoms with Gasteiger partial charge in [0, 0.05) is 11.9 Å². The molecule has 0 radical (unpaired) electrons. The van der Waals surface area contributed by atoms with Crippen LogP contribution in [0.3, 0.4) is 0 Å². The molecule has 0 aliphatic heterocycles. The molecule has 0 amide bonds. The number of H-pyrrole nitrogens is 1. The SMILES string of the molecule is CCNc1nc2c([nH]1)c(=O)oc1ccccc12. The van der Waals surface area contributed by atoms with Gasteiger partial charge in [0.25, 0.3) is 0 Å². The van der Waals surface area contributed by atoms with Gasteiger partial charge in [-0.2, -0.15) is 0 Å². The lowest BCUT2D eigenvalue weighted by atomic mass is 10.2. The Morgan fingerprint density at radius 3 is 3.06 bits per heavy atom. The second-order valence-electron chi connectivity index (χ2n) is 3.73. The average Bonchev–Trinajstić information content (AvgIpc) is 2.74. The maximum absolute atomic E-state index is 11.7. The van der Waals surface area contributed by atoms with Gasteiger partial charge in [0.05, 0.1) is 0 Å². The van der Waals surface area contributed by atoms with Gasteiger partial charge < -0.3 is 14.7 Å². The number of hydrogen-bond donors (Lipinski definition) is 2. The summed E-state index contributed by atoms with van der Waals surface area (Å²) in [6.45, 7) is 2.71. The summed E-state index contributed by atoms with van der Waals surface area (Å²) >= 11 is 0. The van der Waals surface area contributed by atoms with Gasteiger partial charge in [0.1, 0.15) is 11.1 Å². The minimum atomic E-state index is -0.393. The van der Waals surface area contributed by atoms with E-state index in [1.54, 1.807) is 6.07 Å². The molecule has 17 heavy (non-hydrogen) atoms. The smallest absolute Gasteiger partial charge is 0.362 e. The summed E-state index contributed by atoms with van der Waals surface area (Å²) < 4.78 is 5.21. The van der Waals surface area contributed by atoms with E-state index in [0.29, 0.717) is 22.6 Å². The van der Waals surface area contributed by atoms with Gasteiger partial charge in [-0.25, -0.2) is 9.78 Å². The monoisotopic (exact) mass is 229 g/mol. The molecule has 0 saturated heterocycles. The first-order chi connectivity index (χ1) is 8.29. The van der Waals surface area contributed by atoms with Crippen LogP contribution in [0.1, 0.15) is 6.92 Å². The number of imidazole rings is 1. The Bertz CT molecular complexity index is 742. The highest BCUT2D eigenvalue weighted by Gasteiger charge is 2.11. The molecule has 2 aromatic heterocycles. The summed E-state index contributed by atoms with van der Waals surface area (Å²) in [7, 11) is 0. The van der Waals surface area contributed by atoms with Crippen molar-refractivity contribution in [2.24, 2.45) is 0 Å². The van der Waals surface area contributed by atoms with Gasteiger partial charge in [-0.1, -0.05) is 12.1 Å². The molecule has 1 aromatic carbocycles. The van der Waals surface area contributed by atoms with Crippen molar-refractivity contribution in [3.8, 4) is 0 Å². The lowest BCUT2D eigenvalue weighted by Crippen LogP contribution is -2.00. The first kappa shape index (κ1) is 9.89. The van der Waals surface area contributed by atoms with E-state index >= 15 is 0 Å². The molecule has 5 nitrogen and oxygen atoms in total. The summed E-state index contributed by atoms with van der Waals surface area (Å²) in [4.78, 5) is 19.0. The van der Waals surface area contributed by atoms with Crippen molar-refractivity contribution in [3.63, 3.8) is 0 Å². The van der Waals surface area contributed by atoms with E-state index in [9.17, 15) is 4.79 Å². The Morgan fingerprint density at radius 1 is 1.41 bits per heavy atom. The van der Waals surface area contributed by atoms with E-state index in [0.717, 1.165) is 11.9 Å². The Morgan fingerprint density at radius 2 is 2.24 bits per heavy atom. The molecule has 3 aromatic rings. The van der Waals surface area contributed by atoms with Gasteiger partial charge in [0.15, 0.2) is 5.52 Å². The number of anilines is 1. The third-order valence-corrected chi connectivity index (χ3v) is 2.60. The molecule has 0 aliphatic carbocycles. The zero-order valence-electron chi connectivity index (χ0n) is 9.28. The second kappa shape index (κ2) is 3.62. The fourth-order valence-corrected chi connectivity index (χ4v) is 1.87. The Kier molecular flexibility index (Phi) is 2.11. The highest BCUT2D eigenvalue weighted by molar-refractivity contribution is 6.01. The molecule has 0 atom stereocenters. The number of hydrogen-bond acceptors (Lipinski definition) is 4. The van der Waals surface area contributed by atoms with Crippen LogP contribution in [0.2, 0.25) is 0 Å². The Balaban J connectivity index is 2.43. The van der Waals surface area contributed by atoms with Crippen molar-refractivity contribution in [2.45, 2.75) is 6.92 Å². The maximum Gasteiger partial charge on any atom is 0.362 e. The van der Waals surface area contributed by atoms with Crippen molar-refractivity contribution < 1.29 is 4.42 Å². The van der Waals surface area contributed by atoms with Crippen molar-refractivity contribution in [3.05, 3.63) is 34.7 Å². The standard InChI is InChI=1S/C12H11N3O2/c1-2-13-12-14-9-7-5-3-4-6-8(7)17-11(16)10(9)15-12/h3-6H,2H2,1H3,(H2,13,14,15). The van der Waals surface area contributed by atoms with Crippen LogP contribution in [-0.2, 0) is 0 Å². The number of nitrogens with one attached hydrogen (secondary N) is 2. The van der Waals surface area contributed by atoms with Crippen LogP contribution in [0, 0.1) is 0 Å². The van der Waals surface area contributed by atoms with Crippen molar-refractivity contribution in [1.82, 2.24) is 9.97 Å². The van der Waals surface area contributed by atoms with Gasteiger partial charge >= 0.3 is 5.63 Å². The van der Waals surface area contributed by atoms with E-state index in [1.807, 2.05) is 25.1 Å². The predicted octanol–water partition coefficient (Wildman–Crippen LogP) is 2.10. The predicted molar refractivity (Wildman–Crippen MR) is 66.3 cm³/mol. The number of aromatic nitrogens is 2. The van der Waals surface area contributed by atoms with Crippen molar-refractivity contribution >= 4 is 28.0 Å². The zero-order chi connectivity index (χ0) is 11.8. The molecule has 0 bridgehead atoms. The molecule has 0 unspecified atom stereocenters. The van der Waals surface area contributed by atoms with E-state index in [-0.39, 0.29) is 0 Å². The van der Waals surface area contributed by atoms with Crippen LogP contribution in [0.25, 0.3) is 22.0 Å². The Labute approximate surface area is 96.5 Å². The minimum absolute atomic E-state index is 0.393. The molecule has 3 rings (SSSR count). The largest absolute Gasteiger partial charge is 0.421 e. The first-order valence-electron chi connectivity index (χ1n) is 5.45. The average molecular weight is 229 g/mol. The highest BCUT2D eigenvalue weighted by Crippen LogP contribution is 2.21. The van der Waals surface area contributed by atoms with E-state index in [4.69, 9.17) is 4.42 Å². The number of benzene rings is 1. The van der Waals surface area contributed by atoms with Gasteiger partial charge in [0.2, 0.25) is 5.95 Å². The first-order valence-corrected chi connectivity index (χ1v) is 5.45. The molecule has 2 N–H and O–H groups in total. The molecule has 0 aliphatic rings. The summed E-state index contributed by atoms with van der Waals surface area (Å²) in [5.74, 6) is 0.589. The third-order valence-electron chi connectivity index (χ3n) is 2.60. The molecule has 0 spiro atoms. The molecule has 0 fully saturated rings. The third kappa shape index (κ3) is 1.47. The number of rotatable bonds is 2.